The summed E-state index contributed by atoms with van der Waals surface area (Å²) in [5, 5.41) is 3.25. The summed E-state index contributed by atoms with van der Waals surface area (Å²) in [5.41, 5.74) is 3.35. The topological polar surface area (TPSA) is 32.3 Å². The highest BCUT2D eigenvalue weighted by atomic mass is 16.2. The number of benzene rings is 1. The highest BCUT2D eigenvalue weighted by Gasteiger charge is 2.26. The van der Waals surface area contributed by atoms with Crippen LogP contribution in [0, 0.1) is 13.8 Å². The van der Waals surface area contributed by atoms with Gasteiger partial charge in [0, 0.05) is 12.7 Å². The number of rotatable bonds is 2. The second-order valence-electron chi connectivity index (χ2n) is 4.79. The molecule has 0 saturated carbocycles. The van der Waals surface area contributed by atoms with Gasteiger partial charge in [-0.1, -0.05) is 18.2 Å². The van der Waals surface area contributed by atoms with Gasteiger partial charge in [0.25, 0.3) is 0 Å². The summed E-state index contributed by atoms with van der Waals surface area (Å²) >= 11 is 0. The molecule has 92 valence electrons. The van der Waals surface area contributed by atoms with Crippen LogP contribution in [0.4, 0.5) is 5.69 Å². The van der Waals surface area contributed by atoms with E-state index in [0.717, 1.165) is 36.2 Å². The van der Waals surface area contributed by atoms with Crippen molar-refractivity contribution in [2.45, 2.75) is 32.7 Å². The minimum absolute atomic E-state index is 0.000920. The number of anilines is 1. The molecule has 2 rings (SSSR count). The molecule has 0 radical (unpaired) electrons. The number of likely N-dealkylation sites (N-methyl/N-ethyl adjacent to an activating group) is 1. The third-order valence-electron chi connectivity index (χ3n) is 3.46. The van der Waals surface area contributed by atoms with Crippen molar-refractivity contribution in [3.8, 4) is 0 Å². The van der Waals surface area contributed by atoms with Gasteiger partial charge in [-0.3, -0.25) is 4.79 Å². The second kappa shape index (κ2) is 4.88. The lowest BCUT2D eigenvalue weighted by molar-refractivity contribution is -0.119. The predicted molar refractivity (Wildman–Crippen MR) is 70.4 cm³/mol. The molecule has 1 amide bonds. The van der Waals surface area contributed by atoms with E-state index in [1.54, 1.807) is 4.90 Å². The number of nitrogens with zero attached hydrogens (tertiary/aromatic N) is 1. The Labute approximate surface area is 103 Å². The van der Waals surface area contributed by atoms with E-state index in [0.29, 0.717) is 0 Å². The maximum Gasteiger partial charge on any atom is 0.243 e. The lowest BCUT2D eigenvalue weighted by Crippen LogP contribution is -2.42. The Kier molecular flexibility index (Phi) is 3.48. The van der Waals surface area contributed by atoms with Gasteiger partial charge in [0.2, 0.25) is 5.91 Å². The molecule has 1 aromatic carbocycles. The number of carbonyl (C=O) groups is 1. The zero-order chi connectivity index (χ0) is 12.4. The highest BCUT2D eigenvalue weighted by molar-refractivity contribution is 5.98. The smallest absolute Gasteiger partial charge is 0.243 e. The van der Waals surface area contributed by atoms with Crippen molar-refractivity contribution in [2.75, 3.05) is 18.5 Å². The largest absolute Gasteiger partial charge is 0.314 e. The number of hydrogen-bond acceptors (Lipinski definition) is 2. The zero-order valence-corrected chi connectivity index (χ0v) is 10.8. The molecule has 0 bridgehead atoms. The molecule has 1 unspecified atom stereocenters. The Balaban J connectivity index is 2.24. The molecule has 17 heavy (non-hydrogen) atoms. The van der Waals surface area contributed by atoms with E-state index >= 15 is 0 Å². The van der Waals surface area contributed by atoms with Crippen LogP contribution in [0.1, 0.15) is 24.0 Å². The van der Waals surface area contributed by atoms with E-state index in [9.17, 15) is 4.79 Å². The maximum atomic E-state index is 12.3. The Morgan fingerprint density at radius 2 is 2.00 bits per heavy atom. The average molecular weight is 232 g/mol. The predicted octanol–water partition coefficient (Wildman–Crippen LogP) is 2.02. The first-order valence-electron chi connectivity index (χ1n) is 6.18. The van der Waals surface area contributed by atoms with Gasteiger partial charge in [-0.05, 0) is 44.4 Å². The van der Waals surface area contributed by atoms with Crippen molar-refractivity contribution in [1.82, 2.24) is 5.32 Å². The lowest BCUT2D eigenvalue weighted by Gasteiger charge is -2.24. The molecule has 1 saturated heterocycles. The molecule has 1 N–H and O–H groups in total. The molecule has 1 fully saturated rings. The van der Waals surface area contributed by atoms with Crippen LogP contribution in [0.3, 0.4) is 0 Å². The quantitative estimate of drug-likeness (QED) is 0.846. The summed E-state index contributed by atoms with van der Waals surface area (Å²) in [6, 6.07) is 6.13. The monoisotopic (exact) mass is 232 g/mol. The number of nitrogens with one attached hydrogen (secondary N) is 1. The molecule has 1 aliphatic heterocycles. The maximum absolute atomic E-state index is 12.3. The molecule has 0 aromatic heterocycles. The lowest BCUT2D eigenvalue weighted by atomic mass is 10.1. The zero-order valence-electron chi connectivity index (χ0n) is 10.8. The minimum Gasteiger partial charge on any atom is -0.314 e. The molecular weight excluding hydrogens is 212 g/mol. The minimum atomic E-state index is -0.000920. The Morgan fingerprint density at radius 3 is 2.53 bits per heavy atom. The summed E-state index contributed by atoms with van der Waals surface area (Å²) < 4.78 is 0. The molecule has 3 heteroatoms. The first-order valence-corrected chi connectivity index (χ1v) is 6.18. The van der Waals surface area contributed by atoms with Gasteiger partial charge in [-0.2, -0.15) is 0 Å². The van der Waals surface area contributed by atoms with Gasteiger partial charge in [0.05, 0.1) is 6.04 Å². The van der Waals surface area contributed by atoms with Gasteiger partial charge in [-0.25, -0.2) is 0 Å². The molecule has 3 nitrogen and oxygen atoms in total. The Morgan fingerprint density at radius 1 is 1.35 bits per heavy atom. The summed E-state index contributed by atoms with van der Waals surface area (Å²) in [6.07, 6.45) is 2.05. The van der Waals surface area contributed by atoms with Gasteiger partial charge < -0.3 is 10.2 Å². The van der Waals surface area contributed by atoms with Crippen molar-refractivity contribution >= 4 is 11.6 Å². The van der Waals surface area contributed by atoms with Crippen molar-refractivity contribution in [3.63, 3.8) is 0 Å². The molecule has 1 aliphatic rings. The van der Waals surface area contributed by atoms with E-state index in [4.69, 9.17) is 0 Å². The molecule has 1 heterocycles. The summed E-state index contributed by atoms with van der Waals surface area (Å²) in [6.45, 7) is 5.05. The van der Waals surface area contributed by atoms with Crippen molar-refractivity contribution in [3.05, 3.63) is 29.3 Å². The second-order valence-corrected chi connectivity index (χ2v) is 4.79. The van der Waals surface area contributed by atoms with Crippen LogP contribution >= 0.6 is 0 Å². The van der Waals surface area contributed by atoms with Crippen molar-refractivity contribution in [2.24, 2.45) is 0 Å². The average Bonchev–Trinajstić information content (AvgIpc) is 2.81. The Bertz CT molecular complexity index is 402. The van der Waals surface area contributed by atoms with Gasteiger partial charge in [-0.15, -0.1) is 0 Å². The molecule has 1 aromatic rings. The van der Waals surface area contributed by atoms with E-state index in [1.165, 1.54) is 0 Å². The standard InChI is InChI=1S/C14H20N2O/c1-10-6-4-7-11(2)13(10)16(3)14(17)12-8-5-9-15-12/h4,6-7,12,15H,5,8-9H2,1-3H3. The van der Waals surface area contributed by atoms with Gasteiger partial charge >= 0.3 is 0 Å². The summed E-state index contributed by atoms with van der Waals surface area (Å²) in [7, 11) is 1.87. The fourth-order valence-electron chi connectivity index (χ4n) is 2.57. The van der Waals surface area contributed by atoms with Gasteiger partial charge in [0.15, 0.2) is 0 Å². The van der Waals surface area contributed by atoms with Crippen molar-refractivity contribution in [1.29, 1.82) is 0 Å². The number of amides is 1. The Hall–Kier alpha value is -1.35. The van der Waals surface area contributed by atoms with Crippen LogP contribution in [0.25, 0.3) is 0 Å². The van der Waals surface area contributed by atoms with Crippen LogP contribution in [0.5, 0.6) is 0 Å². The molecule has 0 aliphatic carbocycles. The number of hydrogen-bond donors (Lipinski definition) is 1. The molecular formula is C14H20N2O. The first-order chi connectivity index (χ1) is 8.11. The van der Waals surface area contributed by atoms with Crippen LogP contribution in [0.2, 0.25) is 0 Å². The third-order valence-corrected chi connectivity index (χ3v) is 3.46. The van der Waals surface area contributed by atoms with Gasteiger partial charge in [0.1, 0.15) is 0 Å². The van der Waals surface area contributed by atoms with Crippen LogP contribution in [-0.4, -0.2) is 25.5 Å². The van der Waals surface area contributed by atoms with Crippen LogP contribution in [0.15, 0.2) is 18.2 Å². The molecule has 1 atom stereocenters. The highest BCUT2D eigenvalue weighted by Crippen LogP contribution is 2.24. The number of carbonyl (C=O) groups excluding carboxylic acids is 1. The van der Waals surface area contributed by atoms with E-state index in [1.807, 2.05) is 39.1 Å². The van der Waals surface area contributed by atoms with E-state index in [-0.39, 0.29) is 11.9 Å². The van der Waals surface area contributed by atoms with Crippen LogP contribution < -0.4 is 10.2 Å². The first kappa shape index (κ1) is 12.1. The number of para-hydroxylation sites is 1. The van der Waals surface area contributed by atoms with E-state index in [2.05, 4.69) is 5.32 Å². The fraction of sp³-hybridized carbons (Fsp3) is 0.500. The normalized spacial score (nSPS) is 19.4. The fourth-order valence-corrected chi connectivity index (χ4v) is 2.57. The number of aryl methyl sites for hydroxylation is 2. The SMILES string of the molecule is Cc1cccc(C)c1N(C)C(=O)C1CCCN1. The third kappa shape index (κ3) is 2.34. The molecule has 0 spiro atoms. The summed E-state index contributed by atoms with van der Waals surface area (Å²) in [4.78, 5) is 14.1. The van der Waals surface area contributed by atoms with E-state index < -0.39 is 0 Å². The van der Waals surface area contributed by atoms with Crippen molar-refractivity contribution < 1.29 is 4.79 Å². The summed E-state index contributed by atoms with van der Waals surface area (Å²) in [5.74, 6) is 0.180. The van der Waals surface area contributed by atoms with Crippen LogP contribution in [-0.2, 0) is 4.79 Å².